The Morgan fingerprint density at radius 2 is 2.31 bits per heavy atom. The summed E-state index contributed by atoms with van der Waals surface area (Å²) in [5.41, 5.74) is 0.724. The molecule has 0 amide bonds. The Bertz CT molecular complexity index is 327. The highest BCUT2D eigenvalue weighted by Crippen LogP contribution is 2.30. The number of hydrogen-bond donors (Lipinski definition) is 0. The molecule has 70 valence electrons. The number of benzene rings is 1. The first-order valence-corrected chi connectivity index (χ1v) is 5.19. The Labute approximate surface area is 85.7 Å². The maximum Gasteiger partial charge on any atom is 0.147 e. The molecule has 0 spiro atoms. The van der Waals surface area contributed by atoms with Gasteiger partial charge >= 0.3 is 0 Å². The summed E-state index contributed by atoms with van der Waals surface area (Å²) in [6.45, 7) is 3.09. The van der Waals surface area contributed by atoms with Crippen molar-refractivity contribution < 1.29 is 4.39 Å². The minimum atomic E-state index is -0.138. The van der Waals surface area contributed by atoms with E-state index in [1.54, 1.807) is 0 Å². The van der Waals surface area contributed by atoms with Gasteiger partial charge in [0.25, 0.3) is 0 Å². The van der Waals surface area contributed by atoms with Crippen molar-refractivity contribution in [3.63, 3.8) is 0 Å². The smallest absolute Gasteiger partial charge is 0.147 e. The van der Waals surface area contributed by atoms with E-state index in [4.69, 9.17) is 0 Å². The molecule has 0 radical (unpaired) electrons. The van der Waals surface area contributed by atoms with E-state index in [9.17, 15) is 4.39 Å². The molecule has 0 N–H and O–H groups in total. The van der Waals surface area contributed by atoms with Gasteiger partial charge in [0.2, 0.25) is 0 Å². The Kier molecular flexibility index (Phi) is 2.28. The van der Waals surface area contributed by atoms with Gasteiger partial charge < -0.3 is 4.90 Å². The molecule has 1 aromatic carbocycles. The zero-order valence-corrected chi connectivity index (χ0v) is 9.01. The van der Waals surface area contributed by atoms with E-state index in [0.29, 0.717) is 6.04 Å². The summed E-state index contributed by atoms with van der Waals surface area (Å²) in [5, 5.41) is 0. The van der Waals surface area contributed by atoms with E-state index in [0.717, 1.165) is 23.1 Å². The monoisotopic (exact) mass is 243 g/mol. The summed E-state index contributed by atoms with van der Waals surface area (Å²) in [7, 11) is 0. The van der Waals surface area contributed by atoms with Gasteiger partial charge in [-0.3, -0.25) is 0 Å². The van der Waals surface area contributed by atoms with Crippen molar-refractivity contribution in [2.75, 3.05) is 11.4 Å². The molecule has 1 heterocycles. The summed E-state index contributed by atoms with van der Waals surface area (Å²) >= 11 is 3.24. The molecule has 1 atom stereocenters. The van der Waals surface area contributed by atoms with E-state index in [2.05, 4.69) is 27.8 Å². The van der Waals surface area contributed by atoms with Gasteiger partial charge in [-0.25, -0.2) is 4.39 Å². The maximum atomic E-state index is 13.4. The third kappa shape index (κ3) is 1.57. The molecule has 1 saturated heterocycles. The van der Waals surface area contributed by atoms with Crippen LogP contribution in [0.5, 0.6) is 0 Å². The van der Waals surface area contributed by atoms with Gasteiger partial charge in [-0.05, 0) is 31.5 Å². The van der Waals surface area contributed by atoms with Crippen LogP contribution in [-0.2, 0) is 0 Å². The number of halogens is 2. The summed E-state index contributed by atoms with van der Waals surface area (Å²) in [6, 6.07) is 5.70. The molecule has 0 aromatic heterocycles. The number of hydrogen-bond acceptors (Lipinski definition) is 1. The molecule has 1 aromatic rings. The predicted octanol–water partition coefficient (Wildman–Crippen LogP) is 3.19. The Morgan fingerprint density at radius 3 is 2.77 bits per heavy atom. The number of anilines is 1. The fraction of sp³-hybridized carbons (Fsp3) is 0.400. The van der Waals surface area contributed by atoms with Crippen molar-refractivity contribution >= 4 is 21.6 Å². The molecule has 13 heavy (non-hydrogen) atoms. The van der Waals surface area contributed by atoms with Crippen LogP contribution >= 0.6 is 15.9 Å². The van der Waals surface area contributed by atoms with Crippen LogP contribution in [0.4, 0.5) is 10.1 Å². The summed E-state index contributed by atoms with van der Waals surface area (Å²) < 4.78 is 14.2. The lowest BCUT2D eigenvalue weighted by atomic mass is 10.0. The summed E-state index contributed by atoms with van der Waals surface area (Å²) in [5.74, 6) is -0.138. The molecule has 0 aliphatic carbocycles. The third-order valence-electron chi connectivity index (χ3n) is 2.54. The molecule has 0 bridgehead atoms. The molecule has 1 unspecified atom stereocenters. The number of rotatable bonds is 1. The van der Waals surface area contributed by atoms with E-state index >= 15 is 0 Å². The van der Waals surface area contributed by atoms with Gasteiger partial charge in [0, 0.05) is 17.1 Å². The first kappa shape index (κ1) is 9.00. The zero-order valence-electron chi connectivity index (χ0n) is 7.43. The molecule has 1 aliphatic rings. The highest BCUT2D eigenvalue weighted by atomic mass is 79.9. The highest BCUT2D eigenvalue weighted by molar-refractivity contribution is 9.10. The standard InChI is InChI=1S/C10H11BrFN/c1-7-4-5-13(7)10-3-2-8(11)6-9(10)12/h2-3,6-7H,4-5H2,1H3. The Balaban J connectivity index is 2.30. The lowest BCUT2D eigenvalue weighted by Gasteiger charge is -2.40. The second-order valence-electron chi connectivity index (χ2n) is 3.43. The quantitative estimate of drug-likeness (QED) is 0.733. The van der Waals surface area contributed by atoms with Crippen molar-refractivity contribution in [3.05, 3.63) is 28.5 Å². The van der Waals surface area contributed by atoms with E-state index in [1.165, 1.54) is 6.07 Å². The van der Waals surface area contributed by atoms with Crippen molar-refractivity contribution in [1.29, 1.82) is 0 Å². The summed E-state index contributed by atoms with van der Waals surface area (Å²) in [4.78, 5) is 2.09. The second-order valence-corrected chi connectivity index (χ2v) is 4.34. The van der Waals surface area contributed by atoms with E-state index in [1.807, 2.05) is 12.1 Å². The normalized spacial score (nSPS) is 21.5. The molecule has 2 rings (SSSR count). The minimum Gasteiger partial charge on any atom is -0.366 e. The largest absolute Gasteiger partial charge is 0.366 e. The lowest BCUT2D eigenvalue weighted by molar-refractivity contribution is 0.469. The van der Waals surface area contributed by atoms with E-state index in [-0.39, 0.29) is 5.82 Å². The highest BCUT2D eigenvalue weighted by Gasteiger charge is 2.25. The van der Waals surface area contributed by atoms with Crippen LogP contribution in [0.25, 0.3) is 0 Å². The topological polar surface area (TPSA) is 3.24 Å². The molecular weight excluding hydrogens is 233 g/mol. The van der Waals surface area contributed by atoms with Crippen molar-refractivity contribution in [1.82, 2.24) is 0 Å². The predicted molar refractivity (Wildman–Crippen MR) is 55.5 cm³/mol. The third-order valence-corrected chi connectivity index (χ3v) is 3.03. The fourth-order valence-electron chi connectivity index (χ4n) is 1.59. The van der Waals surface area contributed by atoms with Crippen LogP contribution in [-0.4, -0.2) is 12.6 Å². The average molecular weight is 244 g/mol. The molecule has 1 nitrogen and oxygen atoms in total. The maximum absolute atomic E-state index is 13.4. The summed E-state index contributed by atoms with van der Waals surface area (Å²) in [6.07, 6.45) is 1.16. The molecule has 1 aliphatic heterocycles. The van der Waals surface area contributed by atoms with Gasteiger partial charge in [-0.1, -0.05) is 15.9 Å². The molecule has 1 fully saturated rings. The van der Waals surface area contributed by atoms with Crippen LogP contribution in [0, 0.1) is 5.82 Å². The van der Waals surface area contributed by atoms with Crippen LogP contribution in [0.3, 0.4) is 0 Å². The Morgan fingerprint density at radius 1 is 1.54 bits per heavy atom. The molecular formula is C10H11BrFN. The number of nitrogens with zero attached hydrogens (tertiary/aromatic N) is 1. The second kappa shape index (κ2) is 3.29. The molecule has 0 saturated carbocycles. The SMILES string of the molecule is CC1CCN1c1ccc(Br)cc1F. The van der Waals surface area contributed by atoms with Crippen molar-refractivity contribution in [2.24, 2.45) is 0 Å². The van der Waals surface area contributed by atoms with Crippen LogP contribution < -0.4 is 4.90 Å². The van der Waals surface area contributed by atoms with Gasteiger partial charge in [-0.15, -0.1) is 0 Å². The zero-order chi connectivity index (χ0) is 9.42. The molecule has 3 heteroatoms. The van der Waals surface area contributed by atoms with Gasteiger partial charge in [0.1, 0.15) is 5.82 Å². The van der Waals surface area contributed by atoms with Crippen LogP contribution in [0.15, 0.2) is 22.7 Å². The minimum absolute atomic E-state index is 0.138. The Hall–Kier alpha value is -0.570. The van der Waals surface area contributed by atoms with Gasteiger partial charge in [0.05, 0.1) is 5.69 Å². The first-order chi connectivity index (χ1) is 6.18. The lowest BCUT2D eigenvalue weighted by Crippen LogP contribution is -2.46. The average Bonchev–Trinajstić information content (AvgIpc) is 2.07. The van der Waals surface area contributed by atoms with Crippen molar-refractivity contribution in [3.8, 4) is 0 Å². The van der Waals surface area contributed by atoms with Gasteiger partial charge in [0.15, 0.2) is 0 Å². The van der Waals surface area contributed by atoms with Crippen molar-refractivity contribution in [2.45, 2.75) is 19.4 Å². The van der Waals surface area contributed by atoms with Crippen LogP contribution in [0.2, 0.25) is 0 Å². The van der Waals surface area contributed by atoms with Gasteiger partial charge in [-0.2, -0.15) is 0 Å². The fourth-order valence-corrected chi connectivity index (χ4v) is 1.92. The first-order valence-electron chi connectivity index (χ1n) is 4.40. The van der Waals surface area contributed by atoms with Crippen LogP contribution in [0.1, 0.15) is 13.3 Å². The van der Waals surface area contributed by atoms with E-state index < -0.39 is 0 Å².